The normalized spacial score (nSPS) is 9.94. The van der Waals surface area contributed by atoms with E-state index < -0.39 is 0 Å². The van der Waals surface area contributed by atoms with Crippen LogP contribution in [0.2, 0.25) is 5.02 Å². The summed E-state index contributed by atoms with van der Waals surface area (Å²) >= 11 is 5.85. The van der Waals surface area contributed by atoms with E-state index in [1.54, 1.807) is 36.4 Å². The number of nitrogens with two attached hydrogens (primary N) is 1. The molecule has 0 atom stereocenters. The van der Waals surface area contributed by atoms with E-state index in [4.69, 9.17) is 27.5 Å². The molecule has 0 spiro atoms. The van der Waals surface area contributed by atoms with Crippen molar-refractivity contribution in [2.45, 2.75) is 0 Å². The Hall–Kier alpha value is -2.07. The summed E-state index contributed by atoms with van der Waals surface area (Å²) in [5.41, 5.74) is 5.72. The number of pyridine rings is 1. The van der Waals surface area contributed by atoms with Gasteiger partial charge in [0.15, 0.2) is 0 Å². The molecule has 1 aromatic carbocycles. The van der Waals surface area contributed by atoms with Gasteiger partial charge in [-0.05, 0) is 24.3 Å². The summed E-state index contributed by atoms with van der Waals surface area (Å²) in [6.07, 6.45) is 1.54. The second-order valence-electron chi connectivity index (χ2n) is 3.35. The Kier molecular flexibility index (Phi) is 3.25. The lowest BCUT2D eigenvalue weighted by molar-refractivity contribution is 0.482. The maximum Gasteiger partial charge on any atom is 0.141 e. The molecule has 0 saturated heterocycles. The molecule has 5 heteroatoms. The fourth-order valence-electron chi connectivity index (χ4n) is 1.29. The average molecular weight is 248 g/mol. The fourth-order valence-corrected chi connectivity index (χ4v) is 1.47. The van der Waals surface area contributed by atoms with Crippen LogP contribution < -0.4 is 10.5 Å². The summed E-state index contributed by atoms with van der Waals surface area (Å²) in [7, 11) is 0. The van der Waals surface area contributed by atoms with Crippen LogP contribution in [-0.4, -0.2) is 10.8 Å². The van der Waals surface area contributed by atoms with Crippen LogP contribution in [-0.2, 0) is 0 Å². The highest BCUT2D eigenvalue weighted by Crippen LogP contribution is 2.23. The number of nitrogen functional groups attached to an aromatic ring is 1. The quantitative estimate of drug-likeness (QED) is 0.647. The molecule has 0 aliphatic rings. The van der Waals surface area contributed by atoms with Crippen molar-refractivity contribution in [2.75, 3.05) is 0 Å². The fraction of sp³-hybridized carbons (Fsp3) is 0. The number of nitrogens with zero attached hydrogens (tertiary/aromatic N) is 1. The number of rotatable bonds is 3. The first kappa shape index (κ1) is 11.4. The summed E-state index contributed by atoms with van der Waals surface area (Å²) < 4.78 is 5.57. The zero-order valence-corrected chi connectivity index (χ0v) is 9.61. The molecule has 17 heavy (non-hydrogen) atoms. The van der Waals surface area contributed by atoms with Gasteiger partial charge in [-0.15, -0.1) is 0 Å². The molecule has 2 aromatic rings. The van der Waals surface area contributed by atoms with Gasteiger partial charge in [0.25, 0.3) is 0 Å². The third-order valence-electron chi connectivity index (χ3n) is 2.04. The third-order valence-corrected chi connectivity index (χ3v) is 2.27. The molecule has 4 nitrogen and oxygen atoms in total. The van der Waals surface area contributed by atoms with E-state index >= 15 is 0 Å². The molecule has 0 fully saturated rings. The van der Waals surface area contributed by atoms with Crippen LogP contribution in [0.25, 0.3) is 0 Å². The van der Waals surface area contributed by atoms with Gasteiger partial charge in [-0.3, -0.25) is 10.4 Å². The van der Waals surface area contributed by atoms with Gasteiger partial charge in [0.1, 0.15) is 23.0 Å². The van der Waals surface area contributed by atoms with Crippen molar-refractivity contribution in [1.29, 1.82) is 5.41 Å². The number of nitrogens with one attached hydrogen (secondary N) is 1. The molecule has 1 aromatic heterocycles. The molecule has 86 valence electrons. The molecule has 0 aliphatic heterocycles. The van der Waals surface area contributed by atoms with Crippen LogP contribution in [0, 0.1) is 5.41 Å². The number of ether oxygens (including phenoxy) is 1. The topological polar surface area (TPSA) is 72.0 Å². The third kappa shape index (κ3) is 2.95. The monoisotopic (exact) mass is 247 g/mol. The standard InChI is InChI=1S/C12H10ClN3O/c13-8-2-1-3-9(6-8)17-10-4-5-16-11(7-10)12(14)15/h1-7H,(H3,14,15). The zero-order chi connectivity index (χ0) is 12.3. The minimum Gasteiger partial charge on any atom is -0.457 e. The van der Waals surface area contributed by atoms with Crippen LogP contribution in [0.3, 0.4) is 0 Å². The molecule has 0 saturated carbocycles. The Bertz CT molecular complexity index is 557. The number of hydrogen-bond donors (Lipinski definition) is 2. The summed E-state index contributed by atoms with van der Waals surface area (Å²) in [4.78, 5) is 3.94. The molecule has 0 amide bonds. The summed E-state index contributed by atoms with van der Waals surface area (Å²) in [6, 6.07) is 10.3. The Labute approximate surface area is 104 Å². The largest absolute Gasteiger partial charge is 0.457 e. The Balaban J connectivity index is 2.24. The maximum absolute atomic E-state index is 7.28. The minimum atomic E-state index is -0.0958. The first-order valence-electron chi connectivity index (χ1n) is 4.89. The van der Waals surface area contributed by atoms with Gasteiger partial charge in [-0.25, -0.2) is 0 Å². The maximum atomic E-state index is 7.28. The van der Waals surface area contributed by atoms with E-state index in [2.05, 4.69) is 4.98 Å². The Morgan fingerprint density at radius 2 is 2.00 bits per heavy atom. The van der Waals surface area contributed by atoms with Crippen LogP contribution in [0.4, 0.5) is 0 Å². The van der Waals surface area contributed by atoms with Crippen LogP contribution >= 0.6 is 11.6 Å². The predicted molar refractivity (Wildman–Crippen MR) is 66.8 cm³/mol. The van der Waals surface area contributed by atoms with Gasteiger partial charge >= 0.3 is 0 Å². The van der Waals surface area contributed by atoms with Crippen molar-refractivity contribution in [1.82, 2.24) is 4.98 Å². The summed E-state index contributed by atoms with van der Waals surface area (Å²) in [5.74, 6) is 1.09. The molecule has 0 radical (unpaired) electrons. The van der Waals surface area contributed by atoms with E-state index in [-0.39, 0.29) is 5.84 Å². The van der Waals surface area contributed by atoms with Gasteiger partial charge in [-0.2, -0.15) is 0 Å². The van der Waals surface area contributed by atoms with E-state index in [1.807, 2.05) is 0 Å². The number of aromatic nitrogens is 1. The second kappa shape index (κ2) is 4.84. The van der Waals surface area contributed by atoms with Gasteiger partial charge in [0, 0.05) is 17.3 Å². The number of hydrogen-bond acceptors (Lipinski definition) is 3. The molecule has 1 heterocycles. The molecular formula is C12H10ClN3O. The minimum absolute atomic E-state index is 0.0958. The van der Waals surface area contributed by atoms with Crippen molar-refractivity contribution in [2.24, 2.45) is 5.73 Å². The lowest BCUT2D eigenvalue weighted by atomic mass is 10.3. The molecule has 2 rings (SSSR count). The van der Waals surface area contributed by atoms with E-state index in [9.17, 15) is 0 Å². The smallest absolute Gasteiger partial charge is 0.141 e. The highest BCUT2D eigenvalue weighted by molar-refractivity contribution is 6.30. The second-order valence-corrected chi connectivity index (χ2v) is 3.79. The highest BCUT2D eigenvalue weighted by Gasteiger charge is 2.02. The van der Waals surface area contributed by atoms with Gasteiger partial charge in [0.05, 0.1) is 0 Å². The summed E-state index contributed by atoms with van der Waals surface area (Å²) in [5, 5.41) is 7.88. The molecule has 0 aliphatic carbocycles. The van der Waals surface area contributed by atoms with Crippen LogP contribution in [0.15, 0.2) is 42.6 Å². The van der Waals surface area contributed by atoms with Gasteiger partial charge < -0.3 is 10.5 Å². The van der Waals surface area contributed by atoms with Crippen LogP contribution in [0.1, 0.15) is 5.69 Å². The lowest BCUT2D eigenvalue weighted by Crippen LogP contribution is -2.12. The summed E-state index contributed by atoms with van der Waals surface area (Å²) in [6.45, 7) is 0. The predicted octanol–water partition coefficient (Wildman–Crippen LogP) is 2.81. The van der Waals surface area contributed by atoms with E-state index in [1.165, 1.54) is 6.20 Å². The number of amidine groups is 1. The van der Waals surface area contributed by atoms with Gasteiger partial charge in [-0.1, -0.05) is 17.7 Å². The first-order chi connectivity index (χ1) is 8.15. The van der Waals surface area contributed by atoms with E-state index in [0.29, 0.717) is 22.2 Å². The number of benzene rings is 1. The number of halogens is 1. The van der Waals surface area contributed by atoms with Crippen molar-refractivity contribution in [3.05, 3.63) is 53.3 Å². The molecule has 0 bridgehead atoms. The Morgan fingerprint density at radius 1 is 1.24 bits per heavy atom. The Morgan fingerprint density at radius 3 is 2.71 bits per heavy atom. The average Bonchev–Trinajstić information content (AvgIpc) is 2.29. The SMILES string of the molecule is N=C(N)c1cc(Oc2cccc(Cl)c2)ccn1. The van der Waals surface area contributed by atoms with Crippen molar-refractivity contribution in [3.63, 3.8) is 0 Å². The molecule has 3 N–H and O–H groups in total. The molecular weight excluding hydrogens is 238 g/mol. The van der Waals surface area contributed by atoms with Crippen molar-refractivity contribution < 1.29 is 4.74 Å². The van der Waals surface area contributed by atoms with E-state index in [0.717, 1.165) is 0 Å². The van der Waals surface area contributed by atoms with Crippen LogP contribution in [0.5, 0.6) is 11.5 Å². The van der Waals surface area contributed by atoms with Crippen molar-refractivity contribution in [3.8, 4) is 11.5 Å². The van der Waals surface area contributed by atoms with Gasteiger partial charge in [0.2, 0.25) is 0 Å². The lowest BCUT2D eigenvalue weighted by Gasteiger charge is -2.06. The first-order valence-corrected chi connectivity index (χ1v) is 5.27. The highest BCUT2D eigenvalue weighted by atomic mass is 35.5. The van der Waals surface area contributed by atoms with Crippen molar-refractivity contribution >= 4 is 17.4 Å². The molecule has 0 unspecified atom stereocenters. The zero-order valence-electron chi connectivity index (χ0n) is 8.85.